The monoisotopic (exact) mass is 505 g/mol. The highest BCUT2D eigenvalue weighted by molar-refractivity contribution is 6.05. The van der Waals surface area contributed by atoms with Gasteiger partial charge >= 0.3 is 6.09 Å². The molecule has 0 aliphatic carbocycles. The van der Waals surface area contributed by atoms with Crippen LogP contribution in [0.15, 0.2) is 59.4 Å². The molecule has 0 saturated heterocycles. The van der Waals surface area contributed by atoms with Crippen molar-refractivity contribution in [2.45, 2.75) is 52.7 Å². The molecule has 194 valence electrons. The van der Waals surface area contributed by atoms with Gasteiger partial charge < -0.3 is 19.4 Å². The Hall–Kier alpha value is -4.40. The molecule has 0 spiro atoms. The number of alkyl carbamates (subject to hydrolysis) is 1. The van der Waals surface area contributed by atoms with Crippen LogP contribution in [-0.4, -0.2) is 39.6 Å². The third-order valence-corrected chi connectivity index (χ3v) is 4.94. The number of carbonyl (C=O) groups is 3. The average molecular weight is 506 g/mol. The highest BCUT2D eigenvalue weighted by Gasteiger charge is 2.19. The number of benzene rings is 2. The molecule has 2 heterocycles. The number of aromatic amines is 2. The molecule has 2 amide bonds. The largest absolute Gasteiger partial charge is 0.462 e. The Kier molecular flexibility index (Phi) is 7.86. The molecule has 0 saturated carbocycles. The van der Waals surface area contributed by atoms with Gasteiger partial charge in [-0.3, -0.25) is 19.7 Å². The van der Waals surface area contributed by atoms with E-state index in [1.165, 1.54) is 0 Å². The van der Waals surface area contributed by atoms with Gasteiger partial charge in [-0.25, -0.2) is 4.79 Å². The van der Waals surface area contributed by atoms with Gasteiger partial charge in [-0.1, -0.05) is 18.2 Å². The molecule has 37 heavy (non-hydrogen) atoms. The summed E-state index contributed by atoms with van der Waals surface area (Å²) >= 11 is 0. The Morgan fingerprint density at radius 3 is 2.14 bits per heavy atom. The molecule has 0 bridgehead atoms. The molecule has 0 atom stereocenters. The maximum Gasteiger partial charge on any atom is 0.414 e. The van der Waals surface area contributed by atoms with Crippen LogP contribution in [0.25, 0.3) is 33.1 Å². The quantitative estimate of drug-likeness (QED) is 0.324. The summed E-state index contributed by atoms with van der Waals surface area (Å²) in [5.74, 6) is -0.558. The normalized spacial score (nSPS) is 11.4. The average Bonchev–Trinajstić information content (AvgIpc) is 3.20. The summed E-state index contributed by atoms with van der Waals surface area (Å²) in [4.78, 5) is 52.4. The zero-order valence-electron chi connectivity index (χ0n) is 21.7. The number of imide groups is 1. The zero-order chi connectivity index (χ0) is 27.4. The Balaban J connectivity index is 0.000000479. The van der Waals surface area contributed by atoms with E-state index in [-0.39, 0.29) is 11.2 Å². The lowest BCUT2D eigenvalue weighted by Crippen LogP contribution is -2.36. The van der Waals surface area contributed by atoms with Gasteiger partial charge in [0, 0.05) is 22.0 Å². The van der Waals surface area contributed by atoms with Gasteiger partial charge in [-0.15, -0.1) is 0 Å². The molecule has 0 aliphatic rings. The Bertz CT molecular complexity index is 1500. The van der Waals surface area contributed by atoms with Crippen LogP contribution in [0, 0.1) is 0 Å². The van der Waals surface area contributed by atoms with Crippen LogP contribution in [0.3, 0.4) is 0 Å². The van der Waals surface area contributed by atoms with E-state index in [1.54, 1.807) is 45.0 Å². The highest BCUT2D eigenvalue weighted by Crippen LogP contribution is 2.25. The van der Waals surface area contributed by atoms with Crippen molar-refractivity contribution in [2.24, 2.45) is 0 Å². The fourth-order valence-electron chi connectivity index (χ4n) is 3.38. The third-order valence-electron chi connectivity index (χ3n) is 4.94. The van der Waals surface area contributed by atoms with Crippen LogP contribution in [-0.2, 0) is 14.3 Å². The molecule has 0 aliphatic heterocycles. The van der Waals surface area contributed by atoms with E-state index in [4.69, 9.17) is 4.74 Å². The van der Waals surface area contributed by atoms with Gasteiger partial charge in [-0.2, -0.15) is 0 Å². The predicted octanol–water partition coefficient (Wildman–Crippen LogP) is 5.30. The molecular formula is C28H31N3O6. The number of fused-ring (bicyclic) bond motifs is 2. The lowest BCUT2D eigenvalue weighted by atomic mass is 10.1. The van der Waals surface area contributed by atoms with Gasteiger partial charge in [0.1, 0.15) is 11.2 Å². The van der Waals surface area contributed by atoms with Crippen molar-refractivity contribution < 1.29 is 23.9 Å². The first-order valence-corrected chi connectivity index (χ1v) is 11.7. The van der Waals surface area contributed by atoms with Crippen LogP contribution in [0.2, 0.25) is 0 Å². The zero-order valence-corrected chi connectivity index (χ0v) is 21.7. The lowest BCUT2D eigenvalue weighted by molar-refractivity contribution is -0.138. The summed E-state index contributed by atoms with van der Waals surface area (Å²) in [5.41, 5.74) is 1.77. The van der Waals surface area contributed by atoms with E-state index < -0.39 is 17.6 Å². The van der Waals surface area contributed by atoms with Crippen LogP contribution < -0.4 is 10.9 Å². The molecule has 4 aromatic rings. The predicted molar refractivity (Wildman–Crippen MR) is 142 cm³/mol. The van der Waals surface area contributed by atoms with Crippen molar-refractivity contribution in [2.75, 3.05) is 0 Å². The summed E-state index contributed by atoms with van der Waals surface area (Å²) in [7, 11) is 0. The van der Waals surface area contributed by atoms with Gasteiger partial charge in [-0.05, 0) is 83.3 Å². The third kappa shape index (κ3) is 7.54. The number of nitrogens with one attached hydrogen (secondary N) is 3. The maximum absolute atomic E-state index is 12.5. The fraction of sp³-hybridized carbons (Fsp3) is 0.286. The van der Waals surface area contributed by atoms with Crippen molar-refractivity contribution in [1.29, 1.82) is 0 Å². The first-order chi connectivity index (χ1) is 17.3. The molecule has 9 heteroatoms. The van der Waals surface area contributed by atoms with Crippen molar-refractivity contribution >= 4 is 40.3 Å². The van der Waals surface area contributed by atoms with E-state index in [1.807, 2.05) is 51.1 Å². The van der Waals surface area contributed by atoms with Crippen molar-refractivity contribution in [3.63, 3.8) is 0 Å². The van der Waals surface area contributed by atoms with Gasteiger partial charge in [0.05, 0.1) is 11.3 Å². The van der Waals surface area contributed by atoms with Crippen LogP contribution in [0.1, 0.15) is 51.9 Å². The van der Waals surface area contributed by atoms with Crippen molar-refractivity contribution in [3.05, 3.63) is 70.5 Å². The van der Waals surface area contributed by atoms with Crippen LogP contribution in [0.5, 0.6) is 0 Å². The molecular weight excluding hydrogens is 474 g/mol. The number of para-hydroxylation sites is 1. The Morgan fingerprint density at radius 1 is 0.838 bits per heavy atom. The molecule has 0 radical (unpaired) electrons. The van der Waals surface area contributed by atoms with E-state index in [9.17, 15) is 19.2 Å². The Morgan fingerprint density at radius 2 is 1.51 bits per heavy atom. The number of pyridine rings is 1. The molecule has 2 aromatic heterocycles. The van der Waals surface area contributed by atoms with E-state index in [2.05, 4.69) is 20.0 Å². The molecule has 2 aromatic carbocycles. The Labute approximate surface area is 214 Å². The first-order valence-electron chi connectivity index (χ1n) is 11.7. The standard InChI is InChI=1S/C23H21N3O4.C5H10O2/c1-23(2,3)30-22(29)26-20(27)14-8-9-18-15(10-14)12-19(24-18)16-11-13-6-4-5-7-17(13)25-21(16)28;1-5(2,3)7-4-6/h4-12,24H,1-3H3,(H,25,28)(H,26,27,29);4H,1-3H3. The van der Waals surface area contributed by atoms with Crippen LogP contribution >= 0.6 is 0 Å². The maximum atomic E-state index is 12.5. The number of amides is 2. The summed E-state index contributed by atoms with van der Waals surface area (Å²) in [6, 6.07) is 16.2. The smallest absolute Gasteiger partial charge is 0.414 e. The molecule has 0 unspecified atom stereocenters. The van der Waals surface area contributed by atoms with Gasteiger partial charge in [0.15, 0.2) is 0 Å². The topological polar surface area (TPSA) is 130 Å². The minimum Gasteiger partial charge on any atom is -0.462 e. The number of ether oxygens (including phenoxy) is 2. The van der Waals surface area contributed by atoms with Crippen LogP contribution in [0.4, 0.5) is 4.79 Å². The minimum absolute atomic E-state index is 0.205. The summed E-state index contributed by atoms with van der Waals surface area (Å²) < 4.78 is 9.66. The van der Waals surface area contributed by atoms with E-state index >= 15 is 0 Å². The molecule has 4 rings (SSSR count). The minimum atomic E-state index is -0.801. The highest BCUT2D eigenvalue weighted by atomic mass is 16.6. The second kappa shape index (κ2) is 10.7. The summed E-state index contributed by atoms with van der Waals surface area (Å²) in [5, 5.41) is 3.88. The number of hydrogen-bond donors (Lipinski definition) is 3. The second-order valence-corrected chi connectivity index (χ2v) is 10.4. The molecule has 3 N–H and O–H groups in total. The number of carbonyl (C=O) groups excluding carboxylic acids is 3. The van der Waals surface area contributed by atoms with Crippen molar-refractivity contribution in [3.8, 4) is 11.3 Å². The summed E-state index contributed by atoms with van der Waals surface area (Å²) in [6.07, 6.45) is -0.801. The SMILES string of the molecule is CC(C)(C)OC(=O)NC(=O)c1ccc2[nH]c(-c3cc4ccccc4[nH]c3=O)cc2c1.CC(C)(C)OC=O. The second-order valence-electron chi connectivity index (χ2n) is 10.4. The van der Waals surface area contributed by atoms with Gasteiger partial charge in [0.25, 0.3) is 17.9 Å². The van der Waals surface area contributed by atoms with E-state index in [0.717, 1.165) is 21.8 Å². The number of H-pyrrole nitrogens is 2. The number of aromatic nitrogens is 2. The summed E-state index contributed by atoms with van der Waals surface area (Å²) in [6.45, 7) is 11.1. The number of hydrogen-bond acceptors (Lipinski definition) is 6. The van der Waals surface area contributed by atoms with Gasteiger partial charge in [0.2, 0.25) is 0 Å². The fourth-order valence-corrected chi connectivity index (χ4v) is 3.38. The van der Waals surface area contributed by atoms with E-state index in [0.29, 0.717) is 23.3 Å². The number of rotatable bonds is 3. The lowest BCUT2D eigenvalue weighted by Gasteiger charge is -2.19. The first kappa shape index (κ1) is 27.2. The van der Waals surface area contributed by atoms with Crippen molar-refractivity contribution in [1.82, 2.24) is 15.3 Å². The molecule has 9 nitrogen and oxygen atoms in total. The molecule has 0 fully saturated rings.